The van der Waals surface area contributed by atoms with E-state index in [1.165, 1.54) is 12.5 Å². The normalized spacial score (nSPS) is 14.0. The first-order chi connectivity index (χ1) is 17.8. The SMILES string of the molecule is CC(C)CC(NC(=O)C(CC(N)=O)NC(=O)C(N)Cc1cnc[nH]1)C(=O)NC(CCCN=C(N)N)C(=O)O. The van der Waals surface area contributed by atoms with Crippen LogP contribution in [0.25, 0.3) is 0 Å². The molecule has 1 aromatic rings. The molecule has 0 saturated heterocycles. The molecule has 1 aromatic heterocycles. The third-order valence-corrected chi connectivity index (χ3v) is 5.27. The van der Waals surface area contributed by atoms with Gasteiger partial charge in [-0.05, 0) is 25.2 Å². The molecular formula is C22H38N10O6. The number of H-pyrrole nitrogens is 1. The molecule has 212 valence electrons. The van der Waals surface area contributed by atoms with E-state index in [0.29, 0.717) is 5.69 Å². The van der Waals surface area contributed by atoms with E-state index in [1.807, 2.05) is 0 Å². The number of guanidine groups is 1. The molecule has 0 spiro atoms. The van der Waals surface area contributed by atoms with Crippen LogP contribution >= 0.6 is 0 Å². The number of imidazole rings is 1. The molecule has 16 nitrogen and oxygen atoms in total. The summed E-state index contributed by atoms with van der Waals surface area (Å²) in [6.45, 7) is 3.77. The van der Waals surface area contributed by atoms with Gasteiger partial charge in [-0.3, -0.25) is 24.2 Å². The molecule has 1 heterocycles. The van der Waals surface area contributed by atoms with Gasteiger partial charge in [0.1, 0.15) is 18.1 Å². The maximum Gasteiger partial charge on any atom is 0.326 e. The van der Waals surface area contributed by atoms with Crippen molar-refractivity contribution in [3.8, 4) is 0 Å². The molecule has 0 radical (unpaired) electrons. The Hall–Kier alpha value is -4.21. The van der Waals surface area contributed by atoms with Gasteiger partial charge in [0.05, 0.1) is 18.8 Å². The minimum Gasteiger partial charge on any atom is -0.480 e. The van der Waals surface area contributed by atoms with Gasteiger partial charge in [0.25, 0.3) is 0 Å². The molecule has 4 atom stereocenters. The Morgan fingerprint density at radius 3 is 2.13 bits per heavy atom. The molecule has 38 heavy (non-hydrogen) atoms. The third-order valence-electron chi connectivity index (χ3n) is 5.27. The van der Waals surface area contributed by atoms with Crippen molar-refractivity contribution in [1.29, 1.82) is 0 Å². The second-order valence-electron chi connectivity index (χ2n) is 9.16. The Kier molecular flexibility index (Phi) is 13.2. The van der Waals surface area contributed by atoms with Crippen molar-refractivity contribution in [3.05, 3.63) is 18.2 Å². The number of nitrogens with two attached hydrogens (primary N) is 4. The summed E-state index contributed by atoms with van der Waals surface area (Å²) in [5, 5.41) is 16.8. The lowest BCUT2D eigenvalue weighted by Crippen LogP contribution is -2.58. The summed E-state index contributed by atoms with van der Waals surface area (Å²) in [5.41, 5.74) is 22.2. The number of nitrogens with one attached hydrogen (secondary N) is 4. The summed E-state index contributed by atoms with van der Waals surface area (Å²) in [4.78, 5) is 72.2. The summed E-state index contributed by atoms with van der Waals surface area (Å²) >= 11 is 0. The number of rotatable bonds is 17. The Balaban J connectivity index is 2.92. The number of hydrogen-bond donors (Lipinski definition) is 9. The van der Waals surface area contributed by atoms with Crippen molar-refractivity contribution < 1.29 is 29.1 Å². The molecule has 0 aliphatic carbocycles. The molecule has 4 amide bonds. The smallest absolute Gasteiger partial charge is 0.326 e. The van der Waals surface area contributed by atoms with Crippen LogP contribution in [-0.4, -0.2) is 81.3 Å². The van der Waals surface area contributed by atoms with Gasteiger partial charge >= 0.3 is 5.97 Å². The van der Waals surface area contributed by atoms with Crippen LogP contribution in [0.5, 0.6) is 0 Å². The number of primary amides is 1. The van der Waals surface area contributed by atoms with Gasteiger partial charge in [-0.1, -0.05) is 13.8 Å². The van der Waals surface area contributed by atoms with Gasteiger partial charge in [0, 0.05) is 24.9 Å². The monoisotopic (exact) mass is 538 g/mol. The zero-order valence-electron chi connectivity index (χ0n) is 21.5. The third kappa shape index (κ3) is 12.2. The van der Waals surface area contributed by atoms with Crippen LogP contribution in [0, 0.1) is 5.92 Å². The van der Waals surface area contributed by atoms with E-state index in [-0.39, 0.29) is 44.1 Å². The van der Waals surface area contributed by atoms with Gasteiger partial charge in [0.2, 0.25) is 23.6 Å². The molecule has 16 heteroatoms. The Bertz CT molecular complexity index is 977. The first-order valence-electron chi connectivity index (χ1n) is 12.0. The number of carbonyl (C=O) groups excluding carboxylic acids is 4. The average Bonchev–Trinajstić information content (AvgIpc) is 3.31. The maximum absolute atomic E-state index is 13.0. The van der Waals surface area contributed by atoms with E-state index in [1.54, 1.807) is 13.8 Å². The molecule has 0 aliphatic heterocycles. The number of carbonyl (C=O) groups is 5. The van der Waals surface area contributed by atoms with Crippen LogP contribution < -0.4 is 38.9 Å². The number of aliphatic carboxylic acids is 1. The molecule has 0 saturated carbocycles. The summed E-state index contributed by atoms with van der Waals surface area (Å²) in [7, 11) is 0. The Labute approximate surface area is 219 Å². The van der Waals surface area contributed by atoms with Gasteiger partial charge in [-0.15, -0.1) is 0 Å². The van der Waals surface area contributed by atoms with Crippen LogP contribution in [0.3, 0.4) is 0 Å². The summed E-state index contributed by atoms with van der Waals surface area (Å²) < 4.78 is 0. The van der Waals surface area contributed by atoms with Gasteiger partial charge < -0.3 is 49.0 Å². The van der Waals surface area contributed by atoms with Crippen molar-refractivity contribution in [2.24, 2.45) is 33.8 Å². The van der Waals surface area contributed by atoms with E-state index in [9.17, 15) is 29.1 Å². The number of aromatic amines is 1. The number of aromatic nitrogens is 2. The maximum atomic E-state index is 13.0. The first-order valence-corrected chi connectivity index (χ1v) is 12.0. The van der Waals surface area contributed by atoms with Crippen LogP contribution in [0.1, 0.15) is 45.2 Å². The zero-order chi connectivity index (χ0) is 28.8. The molecular weight excluding hydrogens is 500 g/mol. The lowest BCUT2D eigenvalue weighted by molar-refractivity contribution is -0.142. The molecule has 0 bridgehead atoms. The number of hydrogen-bond acceptors (Lipinski definition) is 8. The van der Waals surface area contributed by atoms with E-state index in [4.69, 9.17) is 22.9 Å². The topological polar surface area (TPSA) is 287 Å². The fraction of sp³-hybridized carbons (Fsp3) is 0.591. The van der Waals surface area contributed by atoms with Gasteiger partial charge in [0.15, 0.2) is 5.96 Å². The lowest BCUT2D eigenvalue weighted by Gasteiger charge is -2.25. The van der Waals surface area contributed by atoms with E-state index in [2.05, 4.69) is 30.9 Å². The fourth-order valence-electron chi connectivity index (χ4n) is 3.42. The molecule has 0 aromatic carbocycles. The van der Waals surface area contributed by atoms with Crippen molar-refractivity contribution >= 4 is 35.6 Å². The molecule has 0 aliphatic rings. The summed E-state index contributed by atoms with van der Waals surface area (Å²) in [6.07, 6.45) is 2.91. The minimum atomic E-state index is -1.41. The van der Waals surface area contributed by atoms with E-state index < -0.39 is 60.2 Å². The number of amides is 4. The van der Waals surface area contributed by atoms with Crippen LogP contribution in [0.15, 0.2) is 17.5 Å². The quantitative estimate of drug-likeness (QED) is 0.0543. The number of aliphatic imine (C=N–C) groups is 1. The highest BCUT2D eigenvalue weighted by atomic mass is 16.4. The van der Waals surface area contributed by atoms with Crippen LogP contribution in [0.2, 0.25) is 0 Å². The second-order valence-corrected chi connectivity index (χ2v) is 9.16. The Morgan fingerprint density at radius 1 is 1.00 bits per heavy atom. The molecule has 13 N–H and O–H groups in total. The van der Waals surface area contributed by atoms with Crippen molar-refractivity contribution in [3.63, 3.8) is 0 Å². The highest BCUT2D eigenvalue weighted by molar-refractivity contribution is 5.96. The summed E-state index contributed by atoms with van der Waals surface area (Å²) in [5.74, 6) is -4.69. The van der Waals surface area contributed by atoms with Crippen LogP contribution in [0.4, 0.5) is 0 Å². The number of carboxylic acids is 1. The second kappa shape index (κ2) is 15.8. The predicted molar refractivity (Wildman–Crippen MR) is 137 cm³/mol. The first kappa shape index (κ1) is 31.8. The summed E-state index contributed by atoms with van der Waals surface area (Å²) in [6, 6.07) is -4.90. The molecule has 4 unspecified atom stereocenters. The van der Waals surface area contributed by atoms with E-state index >= 15 is 0 Å². The van der Waals surface area contributed by atoms with Crippen LogP contribution in [-0.2, 0) is 30.4 Å². The predicted octanol–water partition coefficient (Wildman–Crippen LogP) is -3.21. The molecule has 0 fully saturated rings. The Morgan fingerprint density at radius 2 is 1.61 bits per heavy atom. The zero-order valence-corrected chi connectivity index (χ0v) is 21.5. The lowest BCUT2D eigenvalue weighted by atomic mass is 10.0. The fourth-order valence-corrected chi connectivity index (χ4v) is 3.42. The largest absolute Gasteiger partial charge is 0.480 e. The van der Waals surface area contributed by atoms with Crippen molar-refractivity contribution in [2.45, 2.75) is 70.1 Å². The highest BCUT2D eigenvalue weighted by Crippen LogP contribution is 2.08. The van der Waals surface area contributed by atoms with Gasteiger partial charge in [-0.25, -0.2) is 9.78 Å². The van der Waals surface area contributed by atoms with Gasteiger partial charge in [-0.2, -0.15) is 0 Å². The van der Waals surface area contributed by atoms with E-state index in [0.717, 1.165) is 0 Å². The van der Waals surface area contributed by atoms with Crippen molar-refractivity contribution in [2.75, 3.05) is 6.54 Å². The standard InChI is InChI=1S/C22H38N10O6/c1-11(2)6-15(19(35)30-14(21(37)38)4-3-5-28-22(25)26)32-20(36)16(8-17(24)33)31-18(34)13(23)7-12-9-27-10-29-12/h9-11,13-16H,3-8,23H2,1-2H3,(H2,24,33)(H,27,29)(H,30,35)(H,31,34)(H,32,36)(H,37,38)(H4,25,26,28). The number of carboxylic acid groups (broad SMARTS) is 1. The number of nitrogens with zero attached hydrogens (tertiary/aromatic N) is 2. The molecule has 1 rings (SSSR count). The van der Waals surface area contributed by atoms with Crippen molar-refractivity contribution in [1.82, 2.24) is 25.9 Å². The average molecular weight is 539 g/mol. The minimum absolute atomic E-state index is 0.0365. The highest BCUT2D eigenvalue weighted by Gasteiger charge is 2.31.